The predicted octanol–water partition coefficient (Wildman–Crippen LogP) is 4.02. The number of nitrogens with zero attached hydrogens (tertiary/aromatic N) is 3. The summed E-state index contributed by atoms with van der Waals surface area (Å²) >= 11 is 5.72. The van der Waals surface area contributed by atoms with E-state index in [2.05, 4.69) is 9.83 Å². The van der Waals surface area contributed by atoms with Crippen molar-refractivity contribution in [1.29, 1.82) is 0 Å². The number of amides is 1. The van der Waals surface area contributed by atoms with Crippen LogP contribution in [0.25, 0.3) is 4.85 Å². The van der Waals surface area contributed by atoms with Gasteiger partial charge in [0.2, 0.25) is 0 Å². The van der Waals surface area contributed by atoms with Gasteiger partial charge in [-0.3, -0.25) is 0 Å². The van der Waals surface area contributed by atoms with Crippen LogP contribution < -0.4 is 0 Å². The molecule has 23 heavy (non-hydrogen) atoms. The maximum absolute atomic E-state index is 14.1. The van der Waals surface area contributed by atoms with E-state index in [9.17, 15) is 9.18 Å². The summed E-state index contributed by atoms with van der Waals surface area (Å²) in [7, 11) is 0. The summed E-state index contributed by atoms with van der Waals surface area (Å²) < 4.78 is 19.5. The lowest BCUT2D eigenvalue weighted by molar-refractivity contribution is 0.0179. The van der Waals surface area contributed by atoms with E-state index in [0.717, 1.165) is 6.07 Å². The fraction of sp³-hybridized carbons (Fsp3) is 0.562. The van der Waals surface area contributed by atoms with Crippen molar-refractivity contribution in [2.75, 3.05) is 13.1 Å². The van der Waals surface area contributed by atoms with Crippen LogP contribution in [0, 0.1) is 12.4 Å². The van der Waals surface area contributed by atoms with Gasteiger partial charge in [0.15, 0.2) is 11.5 Å². The quantitative estimate of drug-likeness (QED) is 0.726. The molecule has 1 aromatic heterocycles. The molecule has 0 radical (unpaired) electrons. The summed E-state index contributed by atoms with van der Waals surface area (Å²) in [6.07, 6.45) is 1.54. The van der Waals surface area contributed by atoms with E-state index in [0.29, 0.717) is 25.9 Å². The molecule has 0 unspecified atom stereocenters. The third-order valence-corrected chi connectivity index (χ3v) is 3.91. The molecule has 0 spiro atoms. The first-order valence-electron chi connectivity index (χ1n) is 7.35. The third kappa shape index (κ3) is 3.91. The van der Waals surface area contributed by atoms with Crippen LogP contribution in [0.4, 0.5) is 9.18 Å². The maximum atomic E-state index is 14.1. The van der Waals surface area contributed by atoms with Crippen molar-refractivity contribution in [2.45, 2.75) is 44.8 Å². The van der Waals surface area contributed by atoms with Gasteiger partial charge < -0.3 is 14.5 Å². The number of ether oxygens (including phenoxy) is 1. The van der Waals surface area contributed by atoms with Gasteiger partial charge in [0.05, 0.1) is 5.02 Å². The summed E-state index contributed by atoms with van der Waals surface area (Å²) in [5.74, 6) is -0.584. The van der Waals surface area contributed by atoms with Crippen molar-refractivity contribution in [3.05, 3.63) is 40.2 Å². The number of carbonyl (C=O) groups excluding carboxylic acids is 1. The summed E-state index contributed by atoms with van der Waals surface area (Å²) in [6.45, 7) is 13.5. The number of rotatable bonds is 1. The van der Waals surface area contributed by atoms with Crippen molar-refractivity contribution < 1.29 is 13.9 Å². The molecule has 0 atom stereocenters. The smallest absolute Gasteiger partial charge is 0.410 e. The number of halogens is 2. The minimum atomic E-state index is -1.06. The van der Waals surface area contributed by atoms with E-state index < -0.39 is 23.1 Å². The van der Waals surface area contributed by atoms with Crippen LogP contribution in [0.2, 0.25) is 5.02 Å². The number of piperidine rings is 1. The number of carbonyl (C=O) groups is 1. The monoisotopic (exact) mass is 339 g/mol. The van der Waals surface area contributed by atoms with Gasteiger partial charge in [-0.15, -0.1) is 0 Å². The van der Waals surface area contributed by atoms with Crippen LogP contribution in [0.15, 0.2) is 12.3 Å². The van der Waals surface area contributed by atoms with E-state index in [1.54, 1.807) is 25.7 Å². The molecule has 0 aliphatic carbocycles. The van der Waals surface area contributed by atoms with Gasteiger partial charge in [0.1, 0.15) is 5.60 Å². The first-order chi connectivity index (χ1) is 10.7. The molecule has 1 amide bonds. The van der Waals surface area contributed by atoms with Crippen molar-refractivity contribution >= 4 is 17.7 Å². The minimum absolute atomic E-state index is 0.0979. The highest BCUT2D eigenvalue weighted by atomic mass is 35.5. The lowest BCUT2D eigenvalue weighted by atomic mass is 9.84. The Kier molecular flexibility index (Phi) is 4.81. The lowest BCUT2D eigenvalue weighted by Crippen LogP contribution is -2.46. The van der Waals surface area contributed by atoms with Gasteiger partial charge in [-0.05, 0) is 26.8 Å². The summed E-state index contributed by atoms with van der Waals surface area (Å²) in [4.78, 5) is 21.3. The fourth-order valence-corrected chi connectivity index (χ4v) is 2.69. The summed E-state index contributed by atoms with van der Waals surface area (Å²) in [5.41, 5.74) is -1.54. The summed E-state index contributed by atoms with van der Waals surface area (Å²) in [6, 6.07) is 1.16. The molecule has 0 aromatic carbocycles. The number of likely N-dealkylation sites (tertiary alicyclic amines) is 1. The zero-order chi connectivity index (χ0) is 17.3. The highest BCUT2D eigenvalue weighted by molar-refractivity contribution is 6.30. The molecular weight excluding hydrogens is 321 g/mol. The van der Waals surface area contributed by atoms with E-state index in [4.69, 9.17) is 22.9 Å². The Morgan fingerprint density at radius 1 is 1.48 bits per heavy atom. The van der Waals surface area contributed by atoms with Crippen LogP contribution in [-0.2, 0) is 10.3 Å². The molecular formula is C16H19ClFN3O2. The predicted molar refractivity (Wildman–Crippen MR) is 84.5 cm³/mol. The van der Waals surface area contributed by atoms with E-state index >= 15 is 0 Å². The van der Waals surface area contributed by atoms with Crippen molar-refractivity contribution in [3.8, 4) is 0 Å². The number of hydrogen-bond acceptors (Lipinski definition) is 3. The fourth-order valence-electron chi connectivity index (χ4n) is 2.54. The number of pyridine rings is 1. The van der Waals surface area contributed by atoms with E-state index in [1.807, 2.05) is 0 Å². The van der Waals surface area contributed by atoms with Gasteiger partial charge in [-0.1, -0.05) is 11.6 Å². The normalized spacial score (nSPS) is 17.5. The molecule has 0 saturated carbocycles. The first-order valence-corrected chi connectivity index (χ1v) is 7.73. The molecule has 0 bridgehead atoms. The SMILES string of the molecule is [C-]#[N+]C1(c2ncc(Cl)cc2F)CCN(C(=O)OC(C)(C)C)CC1. The van der Waals surface area contributed by atoms with Crippen LogP contribution >= 0.6 is 11.6 Å². The molecule has 1 aromatic rings. The molecule has 1 aliphatic heterocycles. The average Bonchev–Trinajstić information content (AvgIpc) is 2.45. The Bertz CT molecular complexity index is 644. The second-order valence-electron chi connectivity index (χ2n) is 6.59. The van der Waals surface area contributed by atoms with Gasteiger partial charge in [0.25, 0.3) is 5.54 Å². The minimum Gasteiger partial charge on any atom is -0.444 e. The lowest BCUT2D eigenvalue weighted by Gasteiger charge is -2.34. The molecule has 2 rings (SSSR count). The Balaban J connectivity index is 2.14. The van der Waals surface area contributed by atoms with Crippen LogP contribution in [0.1, 0.15) is 39.3 Å². The Morgan fingerprint density at radius 2 is 2.09 bits per heavy atom. The molecule has 1 aliphatic rings. The van der Waals surface area contributed by atoms with Crippen molar-refractivity contribution in [3.63, 3.8) is 0 Å². The van der Waals surface area contributed by atoms with Gasteiger partial charge in [-0.2, -0.15) is 0 Å². The molecule has 2 heterocycles. The Hall–Kier alpha value is -1.87. The molecule has 124 valence electrons. The van der Waals surface area contributed by atoms with Crippen molar-refractivity contribution in [2.24, 2.45) is 0 Å². The van der Waals surface area contributed by atoms with Gasteiger partial charge in [-0.25, -0.2) is 20.7 Å². The standard InChI is InChI=1S/C16H19ClFN3O2/c1-15(2,3)23-14(22)21-7-5-16(19-4,6-8-21)13-12(18)9-11(17)10-20-13/h9-10H,5-8H2,1-3H3. The third-order valence-electron chi connectivity index (χ3n) is 3.70. The molecule has 1 saturated heterocycles. The second-order valence-corrected chi connectivity index (χ2v) is 7.03. The number of hydrogen-bond donors (Lipinski definition) is 0. The topological polar surface area (TPSA) is 46.8 Å². The van der Waals surface area contributed by atoms with Crippen LogP contribution in [-0.4, -0.2) is 34.7 Å². The van der Waals surface area contributed by atoms with Crippen LogP contribution in [0.5, 0.6) is 0 Å². The molecule has 0 N–H and O–H groups in total. The molecule has 1 fully saturated rings. The highest BCUT2D eigenvalue weighted by Crippen LogP contribution is 2.38. The number of aromatic nitrogens is 1. The molecule has 7 heteroatoms. The molecule has 5 nitrogen and oxygen atoms in total. The average molecular weight is 340 g/mol. The maximum Gasteiger partial charge on any atom is 0.410 e. The van der Waals surface area contributed by atoms with E-state index in [1.165, 1.54) is 6.20 Å². The zero-order valence-electron chi connectivity index (χ0n) is 13.4. The van der Waals surface area contributed by atoms with Crippen molar-refractivity contribution in [1.82, 2.24) is 9.88 Å². The largest absolute Gasteiger partial charge is 0.444 e. The van der Waals surface area contributed by atoms with Crippen LogP contribution in [0.3, 0.4) is 0 Å². The highest BCUT2D eigenvalue weighted by Gasteiger charge is 2.47. The Morgan fingerprint density at radius 3 is 2.57 bits per heavy atom. The van der Waals surface area contributed by atoms with Gasteiger partial charge in [0, 0.05) is 32.1 Å². The Labute approximate surface area is 140 Å². The van der Waals surface area contributed by atoms with Gasteiger partial charge >= 0.3 is 6.09 Å². The van der Waals surface area contributed by atoms with E-state index in [-0.39, 0.29) is 10.7 Å². The zero-order valence-corrected chi connectivity index (χ0v) is 14.2. The second kappa shape index (κ2) is 6.32. The first kappa shape index (κ1) is 17.5. The summed E-state index contributed by atoms with van der Waals surface area (Å²) in [5, 5.41) is 0.192.